The molecule has 1 N–H and O–H groups in total. The van der Waals surface area contributed by atoms with E-state index in [4.69, 9.17) is 12.2 Å². The van der Waals surface area contributed by atoms with Gasteiger partial charge in [0, 0.05) is 6.07 Å². The molecule has 0 radical (unpaired) electrons. The molecule has 0 amide bonds. The molecule has 4 nitrogen and oxygen atoms in total. The Labute approximate surface area is 96.0 Å². The third kappa shape index (κ3) is 1.82. The summed E-state index contributed by atoms with van der Waals surface area (Å²) in [4.78, 5) is 0. The van der Waals surface area contributed by atoms with Crippen LogP contribution in [0.25, 0.3) is 5.69 Å². The summed E-state index contributed by atoms with van der Waals surface area (Å²) in [6.07, 6.45) is 0. The zero-order valence-corrected chi connectivity index (χ0v) is 9.44. The van der Waals surface area contributed by atoms with E-state index in [-0.39, 0.29) is 14.9 Å². The molecule has 0 bridgehead atoms. The minimum absolute atomic E-state index is 0.0540. The fraction of sp³-hybridized carbons (Fsp3) is 0. The Bertz CT molecular complexity index is 564. The molecule has 0 fully saturated rings. The minimum Gasteiger partial charge on any atom is -0.207 e. The number of H-pyrrole nitrogens is 1. The maximum atomic E-state index is 13.4. The van der Waals surface area contributed by atoms with Crippen LogP contribution in [0.4, 0.5) is 8.78 Å². The molecule has 78 valence electrons. The summed E-state index contributed by atoms with van der Waals surface area (Å²) in [5, 5.41) is 9.26. The SMILES string of the molecule is Fc1cc(F)c(-n2[nH]nnc2=S)cc1Br. The smallest absolute Gasteiger partial charge is 0.207 e. The summed E-state index contributed by atoms with van der Waals surface area (Å²) in [5.41, 5.74) is 0.0540. The molecule has 0 atom stereocenters. The summed E-state index contributed by atoms with van der Waals surface area (Å²) in [7, 11) is 0. The Morgan fingerprint density at radius 1 is 1.33 bits per heavy atom. The van der Waals surface area contributed by atoms with Crippen LogP contribution in [0.1, 0.15) is 0 Å². The zero-order valence-electron chi connectivity index (χ0n) is 7.04. The lowest BCUT2D eigenvalue weighted by atomic mass is 10.3. The number of tetrazole rings is 1. The van der Waals surface area contributed by atoms with Gasteiger partial charge in [-0.3, -0.25) is 0 Å². The van der Waals surface area contributed by atoms with Gasteiger partial charge in [0.1, 0.15) is 11.5 Å². The molecule has 0 aliphatic rings. The van der Waals surface area contributed by atoms with Crippen molar-refractivity contribution in [2.75, 3.05) is 0 Å². The molecule has 0 unspecified atom stereocenters. The van der Waals surface area contributed by atoms with Crippen molar-refractivity contribution in [3.63, 3.8) is 0 Å². The number of aromatic nitrogens is 4. The van der Waals surface area contributed by atoms with E-state index in [0.29, 0.717) is 0 Å². The monoisotopic (exact) mass is 292 g/mol. The Kier molecular flexibility index (Phi) is 2.61. The van der Waals surface area contributed by atoms with Crippen molar-refractivity contribution in [1.29, 1.82) is 0 Å². The summed E-state index contributed by atoms with van der Waals surface area (Å²) < 4.78 is 27.6. The molecule has 2 aromatic rings. The van der Waals surface area contributed by atoms with Gasteiger partial charge in [-0.15, -0.1) is 0 Å². The third-order valence-corrected chi connectivity index (χ3v) is 2.57. The van der Waals surface area contributed by atoms with Crippen LogP contribution in [-0.2, 0) is 0 Å². The van der Waals surface area contributed by atoms with E-state index in [1.165, 1.54) is 6.07 Å². The van der Waals surface area contributed by atoms with E-state index in [1.54, 1.807) is 0 Å². The lowest BCUT2D eigenvalue weighted by Crippen LogP contribution is -2.01. The second-order valence-electron chi connectivity index (χ2n) is 2.64. The van der Waals surface area contributed by atoms with Gasteiger partial charge in [-0.25, -0.2) is 13.5 Å². The molecule has 0 aliphatic heterocycles. The molecule has 0 saturated heterocycles. The molecule has 0 aliphatic carbocycles. The standard InChI is InChI=1S/C7H3BrF2N4S/c8-3-1-6(5(10)2-4(3)9)14-7(15)11-12-13-14/h1-2H,(H,11,13,15). The zero-order chi connectivity index (χ0) is 11.0. The highest BCUT2D eigenvalue weighted by molar-refractivity contribution is 9.10. The highest BCUT2D eigenvalue weighted by atomic mass is 79.9. The second-order valence-corrected chi connectivity index (χ2v) is 3.86. The Morgan fingerprint density at radius 2 is 2.07 bits per heavy atom. The van der Waals surface area contributed by atoms with Crippen LogP contribution in [0, 0.1) is 16.4 Å². The maximum Gasteiger partial charge on any atom is 0.243 e. The van der Waals surface area contributed by atoms with E-state index in [2.05, 4.69) is 31.5 Å². The van der Waals surface area contributed by atoms with E-state index in [9.17, 15) is 8.78 Å². The number of rotatable bonds is 1. The quantitative estimate of drug-likeness (QED) is 0.648. The molecule has 15 heavy (non-hydrogen) atoms. The fourth-order valence-corrected chi connectivity index (χ4v) is 1.55. The molecular weight excluding hydrogens is 290 g/mol. The van der Waals surface area contributed by atoms with E-state index in [0.717, 1.165) is 10.7 Å². The van der Waals surface area contributed by atoms with Gasteiger partial charge < -0.3 is 0 Å². The topological polar surface area (TPSA) is 46.5 Å². The average molecular weight is 293 g/mol. The van der Waals surface area contributed by atoms with Crippen molar-refractivity contribution >= 4 is 28.1 Å². The highest BCUT2D eigenvalue weighted by Gasteiger charge is 2.11. The number of hydrogen-bond donors (Lipinski definition) is 1. The molecule has 1 heterocycles. The number of halogens is 3. The first kappa shape index (κ1) is 10.4. The molecule has 1 aromatic carbocycles. The highest BCUT2D eigenvalue weighted by Crippen LogP contribution is 2.22. The predicted octanol–water partition coefficient (Wildman–Crippen LogP) is 2.37. The Morgan fingerprint density at radius 3 is 2.67 bits per heavy atom. The molecule has 8 heteroatoms. The molecular formula is C7H3BrF2N4S. The van der Waals surface area contributed by atoms with Crippen LogP contribution in [0.3, 0.4) is 0 Å². The number of nitrogens with one attached hydrogen (secondary N) is 1. The van der Waals surface area contributed by atoms with E-state index >= 15 is 0 Å². The van der Waals surface area contributed by atoms with Crippen LogP contribution in [-0.4, -0.2) is 20.2 Å². The second kappa shape index (κ2) is 3.78. The van der Waals surface area contributed by atoms with Gasteiger partial charge >= 0.3 is 0 Å². The van der Waals surface area contributed by atoms with Crippen LogP contribution in [0.15, 0.2) is 16.6 Å². The van der Waals surface area contributed by atoms with Gasteiger partial charge in [-0.1, -0.05) is 10.3 Å². The van der Waals surface area contributed by atoms with E-state index < -0.39 is 11.6 Å². The Balaban J connectivity index is 2.69. The predicted molar refractivity (Wildman–Crippen MR) is 54.2 cm³/mol. The van der Waals surface area contributed by atoms with Gasteiger partial charge in [0.05, 0.1) is 4.47 Å². The van der Waals surface area contributed by atoms with Gasteiger partial charge in [-0.05, 0) is 34.2 Å². The first-order valence-electron chi connectivity index (χ1n) is 3.74. The van der Waals surface area contributed by atoms with Crippen LogP contribution >= 0.6 is 28.1 Å². The van der Waals surface area contributed by atoms with Crippen molar-refractivity contribution in [2.45, 2.75) is 0 Å². The molecule has 0 saturated carbocycles. The number of nitrogens with zero attached hydrogens (tertiary/aromatic N) is 3. The molecule has 1 aromatic heterocycles. The minimum atomic E-state index is -0.752. The lowest BCUT2D eigenvalue weighted by molar-refractivity contribution is 0.567. The van der Waals surface area contributed by atoms with Crippen LogP contribution < -0.4 is 0 Å². The maximum absolute atomic E-state index is 13.4. The van der Waals surface area contributed by atoms with Gasteiger partial charge in [0.2, 0.25) is 4.77 Å². The van der Waals surface area contributed by atoms with Crippen molar-refractivity contribution in [2.24, 2.45) is 0 Å². The van der Waals surface area contributed by atoms with E-state index in [1.807, 2.05) is 0 Å². The summed E-state index contributed by atoms with van der Waals surface area (Å²) in [6, 6.07) is 2.00. The molecule has 2 rings (SSSR count). The third-order valence-electron chi connectivity index (χ3n) is 1.70. The van der Waals surface area contributed by atoms with Gasteiger partial charge in [0.15, 0.2) is 5.82 Å². The van der Waals surface area contributed by atoms with Crippen molar-refractivity contribution < 1.29 is 8.78 Å². The van der Waals surface area contributed by atoms with Crippen LogP contribution in [0.2, 0.25) is 0 Å². The summed E-state index contributed by atoms with van der Waals surface area (Å²) in [5.74, 6) is -1.44. The van der Waals surface area contributed by atoms with Crippen LogP contribution in [0.5, 0.6) is 0 Å². The number of hydrogen-bond acceptors (Lipinski definition) is 3. The number of aromatic amines is 1. The first-order chi connectivity index (χ1) is 7.09. The van der Waals surface area contributed by atoms with Crippen molar-refractivity contribution in [3.05, 3.63) is 33.0 Å². The fourth-order valence-electron chi connectivity index (χ4n) is 1.04. The van der Waals surface area contributed by atoms with Gasteiger partial charge in [0.25, 0.3) is 0 Å². The van der Waals surface area contributed by atoms with Crippen molar-refractivity contribution in [1.82, 2.24) is 20.2 Å². The largest absolute Gasteiger partial charge is 0.243 e. The first-order valence-corrected chi connectivity index (χ1v) is 4.95. The summed E-state index contributed by atoms with van der Waals surface area (Å²) >= 11 is 7.73. The van der Waals surface area contributed by atoms with Crippen molar-refractivity contribution in [3.8, 4) is 5.69 Å². The normalized spacial score (nSPS) is 10.6. The average Bonchev–Trinajstić information content (AvgIpc) is 2.58. The lowest BCUT2D eigenvalue weighted by Gasteiger charge is -2.03. The number of benzene rings is 1. The Hall–Kier alpha value is -1.15. The molecule has 0 spiro atoms. The summed E-state index contributed by atoms with van der Waals surface area (Å²) in [6.45, 7) is 0. The van der Waals surface area contributed by atoms with Gasteiger partial charge in [-0.2, -0.15) is 5.21 Å².